The van der Waals surface area contributed by atoms with E-state index in [1.165, 1.54) is 0 Å². The molecule has 0 fully saturated rings. The summed E-state index contributed by atoms with van der Waals surface area (Å²) < 4.78 is 0. The molecule has 0 aliphatic rings. The average Bonchev–Trinajstić information content (AvgIpc) is 1.46. The molecule has 1 nitrogen and oxygen atoms in total. The Morgan fingerprint density at radius 3 is 1.50 bits per heavy atom. The number of hydrogen-bond donors (Lipinski definition) is 0. The average molecular weight is 158 g/mol. The Labute approximate surface area is 64.8 Å². The normalized spacial score (nSPS) is 2.17. The van der Waals surface area contributed by atoms with Gasteiger partial charge in [-0.25, -0.2) is 0 Å². The van der Waals surface area contributed by atoms with Gasteiger partial charge in [0.2, 0.25) is 0 Å². The minimum absolute atomic E-state index is 0. The second kappa shape index (κ2) is 50.8. The first-order valence-corrected chi connectivity index (χ1v) is 1.25. The number of nitrogens with zero attached hydrogens (tertiary/aromatic N) is 1. The van der Waals surface area contributed by atoms with Crippen molar-refractivity contribution in [1.29, 1.82) is 0 Å². The van der Waals surface area contributed by atoms with Crippen molar-refractivity contribution in [2.75, 3.05) is 0 Å². The molecule has 0 aliphatic heterocycles. The second-order valence-electron chi connectivity index (χ2n) is 0.158. The molecule has 0 aromatic heterocycles. The van der Waals surface area contributed by atoms with Crippen LogP contribution in [0.5, 0.6) is 0 Å². The van der Waals surface area contributed by atoms with Crippen LogP contribution in [0.1, 0.15) is 6.92 Å². The molecule has 0 aromatic carbocycles. The van der Waals surface area contributed by atoms with Gasteiger partial charge in [0.15, 0.2) is 0 Å². The molecule has 33 valence electrons. The monoisotopic (exact) mass is 158 g/mol. The third-order valence-electron chi connectivity index (χ3n) is 0. The van der Waals surface area contributed by atoms with Gasteiger partial charge in [0.25, 0.3) is 0 Å². The zero-order chi connectivity index (χ0) is 4.71. The smallest absolute Gasteiger partial charge is 0 e. The Balaban J connectivity index is -0.0000000275. The summed E-state index contributed by atoms with van der Waals surface area (Å²) in [6.07, 6.45) is 0. The van der Waals surface area contributed by atoms with E-state index in [9.17, 15) is 0 Å². The molecular formula is C4H7NY-2. The Morgan fingerprint density at radius 2 is 1.50 bits per heavy atom. The van der Waals surface area contributed by atoms with E-state index in [1.54, 1.807) is 6.92 Å². The van der Waals surface area contributed by atoms with Gasteiger partial charge in [0.05, 0.1) is 0 Å². The van der Waals surface area contributed by atoms with Crippen LogP contribution in [0, 0.1) is 20.5 Å². The fraction of sp³-hybridized carbons (Fsp3) is 0.250. The fourth-order valence-electron chi connectivity index (χ4n) is 0. The summed E-state index contributed by atoms with van der Waals surface area (Å²) in [4.78, 5) is 2.50. The van der Waals surface area contributed by atoms with E-state index in [-0.39, 0.29) is 32.7 Å². The third-order valence-corrected chi connectivity index (χ3v) is 0. The van der Waals surface area contributed by atoms with E-state index in [4.69, 9.17) is 6.57 Å². The zero-order valence-corrected chi connectivity index (χ0v) is 6.78. The van der Waals surface area contributed by atoms with Gasteiger partial charge in [0.1, 0.15) is 0 Å². The maximum atomic E-state index is 5.72. The first-order valence-electron chi connectivity index (χ1n) is 1.25. The first-order chi connectivity index (χ1) is 2.41. The van der Waals surface area contributed by atoms with E-state index >= 15 is 0 Å². The topological polar surface area (TPSA) is 4.36 Å². The van der Waals surface area contributed by atoms with Crippen molar-refractivity contribution in [2.45, 2.75) is 6.92 Å². The van der Waals surface area contributed by atoms with Crippen LogP contribution < -0.4 is 0 Å². The van der Waals surface area contributed by atoms with Crippen molar-refractivity contribution in [3.63, 3.8) is 0 Å². The zero-order valence-electron chi connectivity index (χ0n) is 3.94. The summed E-state index contributed by atoms with van der Waals surface area (Å²) in [5, 5.41) is 0. The van der Waals surface area contributed by atoms with Crippen LogP contribution in [-0.2, 0) is 32.7 Å². The van der Waals surface area contributed by atoms with Gasteiger partial charge in [-0.1, -0.05) is 7.05 Å². The van der Waals surface area contributed by atoms with E-state index in [1.807, 2.05) is 0 Å². The molecule has 1 radical (unpaired) electrons. The van der Waals surface area contributed by atoms with Crippen LogP contribution in [0.3, 0.4) is 0 Å². The molecule has 0 bridgehead atoms. The Kier molecular flexibility index (Phi) is 136. The summed E-state index contributed by atoms with van der Waals surface area (Å²) in [6.45, 7) is 10.7. The number of rotatable bonds is 0. The van der Waals surface area contributed by atoms with Crippen LogP contribution in [0.4, 0.5) is 0 Å². The molecule has 6 heavy (non-hydrogen) atoms. The van der Waals surface area contributed by atoms with Crippen LogP contribution >= 0.6 is 0 Å². The molecule has 0 rings (SSSR count). The predicted octanol–water partition coefficient (Wildman–Crippen LogP) is 1.54. The van der Waals surface area contributed by atoms with Gasteiger partial charge in [-0.05, 0) is 0 Å². The van der Waals surface area contributed by atoms with Crippen LogP contribution in [0.15, 0.2) is 0 Å². The van der Waals surface area contributed by atoms with Crippen molar-refractivity contribution < 1.29 is 32.7 Å². The minimum atomic E-state index is 0. The van der Waals surface area contributed by atoms with E-state index in [0.717, 1.165) is 0 Å². The molecule has 0 N–H and O–H groups in total. The molecule has 0 aliphatic carbocycles. The Bertz CT molecular complexity index is 29.0. The van der Waals surface area contributed by atoms with Gasteiger partial charge in [-0.15, -0.1) is 0 Å². The van der Waals surface area contributed by atoms with Gasteiger partial charge >= 0.3 is 0 Å². The fourth-order valence-corrected chi connectivity index (χ4v) is 0. The van der Waals surface area contributed by atoms with E-state index in [0.29, 0.717) is 0 Å². The summed E-state index contributed by atoms with van der Waals surface area (Å²) in [7, 11) is 2.78. The molecule has 0 unspecified atom stereocenters. The van der Waals surface area contributed by atoms with Crippen LogP contribution in [-0.4, -0.2) is 0 Å². The van der Waals surface area contributed by atoms with Gasteiger partial charge in [-0.2, -0.15) is 6.92 Å². The largest absolute Gasteiger partial charge is 0.464 e. The van der Waals surface area contributed by atoms with Crippen molar-refractivity contribution >= 4 is 0 Å². The van der Waals surface area contributed by atoms with Crippen molar-refractivity contribution in [1.82, 2.24) is 0 Å². The van der Waals surface area contributed by atoms with Gasteiger partial charge in [-0.3, -0.25) is 6.57 Å². The van der Waals surface area contributed by atoms with E-state index < -0.39 is 0 Å². The molecule has 2 heteroatoms. The minimum Gasteiger partial charge on any atom is -0.464 e. The molecule has 0 saturated carbocycles. The molecular weight excluding hydrogens is 151 g/mol. The van der Waals surface area contributed by atoms with Crippen molar-refractivity contribution in [3.05, 3.63) is 25.4 Å². The molecule has 0 amide bonds. The van der Waals surface area contributed by atoms with Gasteiger partial charge in [0, 0.05) is 32.7 Å². The van der Waals surface area contributed by atoms with E-state index in [2.05, 4.69) is 18.8 Å². The Hall–Kier alpha value is 0.464. The van der Waals surface area contributed by atoms with Crippen molar-refractivity contribution in [2.24, 2.45) is 0 Å². The van der Waals surface area contributed by atoms with Crippen LogP contribution in [0.25, 0.3) is 4.85 Å². The van der Waals surface area contributed by atoms with Crippen LogP contribution in [0.2, 0.25) is 0 Å². The SMILES string of the molecule is [C-]#[N+][CH2-].[CH2-]C.[Y]. The second-order valence-corrected chi connectivity index (χ2v) is 0.158. The quantitative estimate of drug-likeness (QED) is 0.471. The Morgan fingerprint density at radius 1 is 1.50 bits per heavy atom. The van der Waals surface area contributed by atoms with Crippen molar-refractivity contribution in [3.8, 4) is 0 Å². The molecule has 0 spiro atoms. The maximum Gasteiger partial charge on any atom is 0 e. The molecule has 0 heterocycles. The summed E-state index contributed by atoms with van der Waals surface area (Å²) >= 11 is 0. The molecule has 0 aromatic rings. The number of hydrogen-bond acceptors (Lipinski definition) is 0. The summed E-state index contributed by atoms with van der Waals surface area (Å²) in [5.41, 5.74) is 0. The third kappa shape index (κ3) is 249. The first kappa shape index (κ1) is 16.1. The predicted molar refractivity (Wildman–Crippen MR) is 23.0 cm³/mol. The maximum absolute atomic E-state index is 5.72. The molecule has 0 atom stereocenters. The summed E-state index contributed by atoms with van der Waals surface area (Å²) in [5.74, 6) is 0. The molecule has 0 saturated heterocycles. The standard InChI is InChI=1S/C2H2N.C2H5.Y/c1-3-2;1-2;/h1H2;1H2,2H3;/q2*-1;. The van der Waals surface area contributed by atoms with Gasteiger partial charge < -0.3 is 11.8 Å². The summed E-state index contributed by atoms with van der Waals surface area (Å²) in [6, 6.07) is 0.